The zero-order valence-corrected chi connectivity index (χ0v) is 35.4. The second-order valence-electron chi connectivity index (χ2n) is 12.6. The standard InChI is InChI=1S/C37H74N4O17/c1-37(2,3)58-36(42)39-4-6-43-8-10-45-12-14-47-16-18-49-20-22-51-24-26-53-28-30-55-32-34-57-35-33-56-31-29-54-27-25-52-23-21-50-19-17-48-15-13-46-11-9-44-7-5-40-41-38/h4-35H2,1-3H3,(H,39,42). The van der Waals surface area contributed by atoms with Crippen LogP contribution in [0.4, 0.5) is 4.79 Å². The van der Waals surface area contributed by atoms with Crippen LogP contribution in [0.15, 0.2) is 5.11 Å². The van der Waals surface area contributed by atoms with Crippen LogP contribution in [0.3, 0.4) is 0 Å². The number of hydrogen-bond acceptors (Lipinski definition) is 18. The third-order valence-electron chi connectivity index (χ3n) is 6.52. The molecule has 0 aromatic heterocycles. The van der Waals surface area contributed by atoms with E-state index in [9.17, 15) is 4.79 Å². The van der Waals surface area contributed by atoms with Gasteiger partial charge >= 0.3 is 6.09 Å². The molecule has 0 aliphatic heterocycles. The summed E-state index contributed by atoms with van der Waals surface area (Å²) in [6.07, 6.45) is -0.457. The van der Waals surface area contributed by atoms with E-state index in [0.29, 0.717) is 211 Å². The first kappa shape index (κ1) is 56.0. The van der Waals surface area contributed by atoms with Gasteiger partial charge in [-0.3, -0.25) is 0 Å². The number of carbonyl (C=O) groups excluding carboxylic acids is 1. The molecule has 344 valence electrons. The van der Waals surface area contributed by atoms with E-state index in [1.54, 1.807) is 0 Å². The molecule has 0 atom stereocenters. The molecule has 0 saturated heterocycles. The summed E-state index contributed by atoms with van der Waals surface area (Å²) < 4.78 is 86.8. The minimum atomic E-state index is -0.517. The second-order valence-corrected chi connectivity index (χ2v) is 12.6. The molecule has 0 aliphatic carbocycles. The maximum atomic E-state index is 11.5. The highest BCUT2D eigenvalue weighted by molar-refractivity contribution is 5.67. The Morgan fingerprint density at radius 1 is 0.397 bits per heavy atom. The molecule has 1 N–H and O–H groups in total. The van der Waals surface area contributed by atoms with Crippen molar-refractivity contribution in [1.82, 2.24) is 5.32 Å². The SMILES string of the molecule is CC(C)(C)OC(=O)NCCOCCOCCOCCOCCOCCOCCOCCOCCOCCOCCOCCOCCOCCOCCOCCN=[N+]=[N-]. The maximum Gasteiger partial charge on any atom is 0.407 e. The van der Waals surface area contributed by atoms with Crippen LogP contribution < -0.4 is 5.32 Å². The molecule has 0 heterocycles. The Morgan fingerprint density at radius 3 is 0.810 bits per heavy atom. The molecule has 0 aromatic carbocycles. The average molecular weight is 847 g/mol. The van der Waals surface area contributed by atoms with Crippen molar-refractivity contribution in [3.63, 3.8) is 0 Å². The lowest BCUT2D eigenvalue weighted by atomic mass is 10.2. The highest BCUT2D eigenvalue weighted by Crippen LogP contribution is 2.06. The number of nitrogens with one attached hydrogen (secondary N) is 1. The Hall–Kier alpha value is -2.02. The normalized spacial score (nSPS) is 11.6. The van der Waals surface area contributed by atoms with Crippen LogP contribution in [-0.2, 0) is 75.8 Å². The van der Waals surface area contributed by atoms with E-state index in [1.807, 2.05) is 20.8 Å². The fourth-order valence-electron chi connectivity index (χ4n) is 3.87. The van der Waals surface area contributed by atoms with E-state index in [2.05, 4.69) is 15.3 Å². The van der Waals surface area contributed by atoms with Crippen LogP contribution in [-0.4, -0.2) is 223 Å². The fraction of sp³-hybridized carbons (Fsp3) is 0.973. The van der Waals surface area contributed by atoms with Crippen LogP contribution in [0.5, 0.6) is 0 Å². The van der Waals surface area contributed by atoms with Gasteiger partial charge in [-0.15, -0.1) is 0 Å². The van der Waals surface area contributed by atoms with Crippen LogP contribution in [0, 0.1) is 0 Å². The van der Waals surface area contributed by atoms with Gasteiger partial charge in [-0.2, -0.15) is 0 Å². The van der Waals surface area contributed by atoms with E-state index >= 15 is 0 Å². The maximum absolute atomic E-state index is 11.5. The van der Waals surface area contributed by atoms with Crippen molar-refractivity contribution in [2.45, 2.75) is 26.4 Å². The largest absolute Gasteiger partial charge is 0.444 e. The number of ether oxygens (including phenoxy) is 16. The Morgan fingerprint density at radius 2 is 0.603 bits per heavy atom. The molecule has 0 unspecified atom stereocenters. The van der Waals surface area contributed by atoms with Crippen molar-refractivity contribution in [1.29, 1.82) is 0 Å². The van der Waals surface area contributed by atoms with Crippen molar-refractivity contribution in [3.05, 3.63) is 10.4 Å². The summed E-state index contributed by atoms with van der Waals surface area (Å²) in [6, 6.07) is 0. The number of nitrogens with zero attached hydrogens (tertiary/aromatic N) is 3. The molecule has 58 heavy (non-hydrogen) atoms. The monoisotopic (exact) mass is 847 g/mol. The Labute approximate surface area is 345 Å². The molecule has 0 aliphatic rings. The Kier molecular flexibility index (Phi) is 46.0. The van der Waals surface area contributed by atoms with E-state index in [4.69, 9.17) is 81.3 Å². The van der Waals surface area contributed by atoms with Crippen molar-refractivity contribution >= 4 is 6.09 Å². The molecule has 0 spiro atoms. The minimum Gasteiger partial charge on any atom is -0.444 e. The first-order chi connectivity index (χ1) is 28.5. The van der Waals surface area contributed by atoms with Crippen LogP contribution in [0.25, 0.3) is 10.4 Å². The number of amides is 1. The molecular weight excluding hydrogens is 772 g/mol. The third kappa shape index (κ3) is 52.0. The lowest BCUT2D eigenvalue weighted by molar-refractivity contribution is -0.0300. The number of alkyl carbamates (subject to hydrolysis) is 1. The first-order valence-electron chi connectivity index (χ1n) is 20.1. The number of azide groups is 1. The Bertz CT molecular complexity index is 889. The molecule has 21 nitrogen and oxygen atoms in total. The van der Waals surface area contributed by atoms with Crippen molar-refractivity contribution in [2.24, 2.45) is 5.11 Å². The number of rotatable bonds is 48. The quantitative estimate of drug-likeness (QED) is 0.0400. The topological polar surface area (TPSA) is 226 Å². The van der Waals surface area contributed by atoms with Gasteiger partial charge in [-0.05, 0) is 26.3 Å². The molecule has 0 saturated carbocycles. The van der Waals surface area contributed by atoms with Gasteiger partial charge in [0.1, 0.15) is 5.60 Å². The zero-order valence-electron chi connectivity index (χ0n) is 35.4. The molecular formula is C37H74N4O17. The predicted molar refractivity (Wildman–Crippen MR) is 211 cm³/mol. The highest BCUT2D eigenvalue weighted by atomic mass is 16.6. The lowest BCUT2D eigenvalue weighted by Gasteiger charge is -2.19. The van der Waals surface area contributed by atoms with E-state index in [-0.39, 0.29) is 0 Å². The van der Waals surface area contributed by atoms with Gasteiger partial charge in [0.05, 0.1) is 198 Å². The molecule has 0 fully saturated rings. The Balaban J connectivity index is 3.10. The highest BCUT2D eigenvalue weighted by Gasteiger charge is 2.15. The van der Waals surface area contributed by atoms with Gasteiger partial charge in [0, 0.05) is 18.0 Å². The summed E-state index contributed by atoms with van der Waals surface area (Å²) in [6.45, 7) is 20.3. The van der Waals surface area contributed by atoms with E-state index in [1.165, 1.54) is 0 Å². The molecule has 21 heteroatoms. The summed E-state index contributed by atoms with van der Waals surface area (Å²) >= 11 is 0. The molecule has 0 rings (SSSR count). The van der Waals surface area contributed by atoms with Crippen molar-refractivity contribution in [2.75, 3.05) is 211 Å². The summed E-state index contributed by atoms with van der Waals surface area (Å²) in [5, 5.41) is 6.00. The van der Waals surface area contributed by atoms with Crippen LogP contribution >= 0.6 is 0 Å². The molecule has 1 amide bonds. The average Bonchev–Trinajstić information content (AvgIpc) is 3.19. The van der Waals surface area contributed by atoms with Gasteiger partial charge in [0.15, 0.2) is 0 Å². The van der Waals surface area contributed by atoms with Gasteiger partial charge in [-0.25, -0.2) is 4.79 Å². The summed E-state index contributed by atoms with van der Waals surface area (Å²) in [5.74, 6) is 0. The smallest absolute Gasteiger partial charge is 0.407 e. The fourth-order valence-corrected chi connectivity index (χ4v) is 3.87. The summed E-state index contributed by atoms with van der Waals surface area (Å²) in [7, 11) is 0. The van der Waals surface area contributed by atoms with E-state index in [0.717, 1.165) is 0 Å². The third-order valence-corrected chi connectivity index (χ3v) is 6.52. The van der Waals surface area contributed by atoms with Crippen molar-refractivity contribution < 1.29 is 80.6 Å². The number of hydrogen-bond donors (Lipinski definition) is 1. The van der Waals surface area contributed by atoms with Crippen LogP contribution in [0.1, 0.15) is 20.8 Å². The van der Waals surface area contributed by atoms with E-state index < -0.39 is 11.7 Å². The molecule has 0 bridgehead atoms. The van der Waals surface area contributed by atoms with Gasteiger partial charge < -0.3 is 81.1 Å². The second kappa shape index (κ2) is 47.7. The summed E-state index contributed by atoms with van der Waals surface area (Å²) in [4.78, 5) is 14.2. The molecule has 0 aromatic rings. The van der Waals surface area contributed by atoms with Gasteiger partial charge in [0.25, 0.3) is 0 Å². The first-order valence-corrected chi connectivity index (χ1v) is 20.1. The molecule has 0 radical (unpaired) electrons. The van der Waals surface area contributed by atoms with Gasteiger partial charge in [-0.1, -0.05) is 5.11 Å². The number of carbonyl (C=O) groups is 1. The predicted octanol–water partition coefficient (Wildman–Crippen LogP) is 2.07. The zero-order chi connectivity index (χ0) is 42.1. The van der Waals surface area contributed by atoms with Gasteiger partial charge in [0.2, 0.25) is 0 Å². The lowest BCUT2D eigenvalue weighted by Crippen LogP contribution is -2.34. The van der Waals surface area contributed by atoms with Crippen molar-refractivity contribution in [3.8, 4) is 0 Å². The minimum absolute atomic E-state index is 0.322. The van der Waals surface area contributed by atoms with Crippen LogP contribution in [0.2, 0.25) is 0 Å². The summed E-state index contributed by atoms with van der Waals surface area (Å²) in [5.41, 5.74) is 7.63.